The number of nitrogens with one attached hydrogen (secondary N) is 1. The predicted molar refractivity (Wildman–Crippen MR) is 60.3 cm³/mol. The Hall–Kier alpha value is -1.02. The van der Waals surface area contributed by atoms with Crippen molar-refractivity contribution in [3.05, 3.63) is 33.4 Å². The topological polar surface area (TPSA) is 29.1 Å². The van der Waals surface area contributed by atoms with E-state index in [1.165, 1.54) is 0 Å². The largest absolute Gasteiger partial charge is 0.341 e. The van der Waals surface area contributed by atoms with Gasteiger partial charge in [-0.25, -0.2) is 0 Å². The molecule has 1 N–H and O–H groups in total. The molecule has 0 heterocycles. The van der Waals surface area contributed by atoms with E-state index < -0.39 is 0 Å². The fraction of sp³-hybridized carbons (Fsp3) is 0.100. The van der Waals surface area contributed by atoms with Crippen molar-refractivity contribution in [3.8, 4) is 12.3 Å². The lowest BCUT2D eigenvalue weighted by atomic mass is 10.2. The Morgan fingerprint density at radius 3 is 2.85 bits per heavy atom. The van der Waals surface area contributed by atoms with E-state index in [1.54, 1.807) is 6.07 Å². The maximum absolute atomic E-state index is 11.4. The minimum atomic E-state index is -0.122. The number of halogens is 1. The van der Waals surface area contributed by atoms with Crippen LogP contribution in [0.4, 0.5) is 0 Å². The molecule has 0 saturated carbocycles. The summed E-state index contributed by atoms with van der Waals surface area (Å²) in [6, 6.07) is 7.37. The van der Waals surface area contributed by atoms with Crippen LogP contribution in [0.5, 0.6) is 0 Å². The highest BCUT2D eigenvalue weighted by Gasteiger charge is 2.06. The van der Waals surface area contributed by atoms with Crippen LogP contribution in [0, 0.1) is 15.9 Å². The first-order chi connectivity index (χ1) is 6.25. The fourth-order valence-corrected chi connectivity index (χ4v) is 1.50. The van der Waals surface area contributed by atoms with Gasteiger partial charge in [-0.3, -0.25) is 4.79 Å². The fourth-order valence-electron chi connectivity index (χ4n) is 0.872. The quantitative estimate of drug-likeness (QED) is 0.650. The van der Waals surface area contributed by atoms with Gasteiger partial charge in [0, 0.05) is 3.57 Å². The molecule has 1 aromatic carbocycles. The van der Waals surface area contributed by atoms with Crippen LogP contribution < -0.4 is 5.32 Å². The molecule has 0 fully saturated rings. The summed E-state index contributed by atoms with van der Waals surface area (Å²) in [5, 5.41) is 2.61. The molecule has 1 amide bonds. The van der Waals surface area contributed by atoms with Crippen LogP contribution in [0.2, 0.25) is 0 Å². The van der Waals surface area contributed by atoms with Crippen molar-refractivity contribution < 1.29 is 4.79 Å². The van der Waals surface area contributed by atoms with Gasteiger partial charge >= 0.3 is 0 Å². The number of terminal acetylenes is 1. The summed E-state index contributed by atoms with van der Waals surface area (Å²) in [5.74, 6) is 2.23. The molecule has 0 radical (unpaired) electrons. The summed E-state index contributed by atoms with van der Waals surface area (Å²) in [6.45, 7) is 0.268. The zero-order chi connectivity index (χ0) is 9.68. The van der Waals surface area contributed by atoms with E-state index >= 15 is 0 Å². The van der Waals surface area contributed by atoms with E-state index in [-0.39, 0.29) is 12.5 Å². The van der Waals surface area contributed by atoms with Gasteiger partial charge in [0.1, 0.15) is 0 Å². The van der Waals surface area contributed by atoms with Crippen LogP contribution >= 0.6 is 22.6 Å². The van der Waals surface area contributed by atoms with E-state index in [1.807, 2.05) is 18.2 Å². The molecule has 0 saturated heterocycles. The van der Waals surface area contributed by atoms with E-state index in [2.05, 4.69) is 33.8 Å². The third-order valence-corrected chi connectivity index (χ3v) is 2.41. The van der Waals surface area contributed by atoms with Gasteiger partial charge < -0.3 is 5.32 Å². The first kappa shape index (κ1) is 10.1. The molecule has 0 aliphatic carbocycles. The van der Waals surface area contributed by atoms with Crippen LogP contribution in [-0.2, 0) is 0 Å². The standard InChI is InChI=1S/C10H8INO/c1-2-7-12-10(13)8-5-3-4-6-9(8)11/h1,3-6H,7H2,(H,12,13). The average molecular weight is 285 g/mol. The number of benzene rings is 1. The lowest BCUT2D eigenvalue weighted by Crippen LogP contribution is -2.24. The second-order valence-electron chi connectivity index (χ2n) is 2.37. The highest BCUT2D eigenvalue weighted by molar-refractivity contribution is 14.1. The highest BCUT2D eigenvalue weighted by atomic mass is 127. The van der Waals surface area contributed by atoms with E-state index in [0.29, 0.717) is 5.56 Å². The van der Waals surface area contributed by atoms with Crippen molar-refractivity contribution >= 4 is 28.5 Å². The molecule has 0 spiro atoms. The summed E-state index contributed by atoms with van der Waals surface area (Å²) in [4.78, 5) is 11.4. The molecule has 0 bridgehead atoms. The third-order valence-electron chi connectivity index (χ3n) is 1.47. The molecule has 0 aromatic heterocycles. The molecule has 0 unspecified atom stereocenters. The second-order valence-corrected chi connectivity index (χ2v) is 3.53. The molecule has 3 heteroatoms. The summed E-state index contributed by atoms with van der Waals surface area (Å²) in [7, 11) is 0. The Morgan fingerprint density at radius 1 is 1.54 bits per heavy atom. The molecule has 1 aromatic rings. The van der Waals surface area contributed by atoms with Crippen LogP contribution in [0.1, 0.15) is 10.4 Å². The van der Waals surface area contributed by atoms with Crippen LogP contribution in [0.25, 0.3) is 0 Å². The van der Waals surface area contributed by atoms with Crippen LogP contribution in [0.3, 0.4) is 0 Å². The molecule has 0 atom stereocenters. The monoisotopic (exact) mass is 285 g/mol. The Morgan fingerprint density at radius 2 is 2.23 bits per heavy atom. The minimum Gasteiger partial charge on any atom is -0.341 e. The second kappa shape index (κ2) is 4.87. The molecule has 0 aliphatic rings. The van der Waals surface area contributed by atoms with Gasteiger partial charge in [0.05, 0.1) is 12.1 Å². The molecule has 13 heavy (non-hydrogen) atoms. The molecular weight excluding hydrogens is 277 g/mol. The Balaban J connectivity index is 2.78. The maximum Gasteiger partial charge on any atom is 0.253 e. The minimum absolute atomic E-state index is 0.122. The van der Waals surface area contributed by atoms with Gasteiger partial charge in [-0.15, -0.1) is 6.42 Å². The van der Waals surface area contributed by atoms with Crippen molar-refractivity contribution in [1.29, 1.82) is 0 Å². The highest BCUT2D eigenvalue weighted by Crippen LogP contribution is 2.10. The van der Waals surface area contributed by atoms with Crippen molar-refractivity contribution in [3.63, 3.8) is 0 Å². The maximum atomic E-state index is 11.4. The van der Waals surface area contributed by atoms with Crippen molar-refractivity contribution in [2.45, 2.75) is 0 Å². The first-order valence-electron chi connectivity index (χ1n) is 3.72. The lowest BCUT2D eigenvalue weighted by Gasteiger charge is -2.02. The van der Waals surface area contributed by atoms with Gasteiger partial charge in [-0.1, -0.05) is 18.1 Å². The van der Waals surface area contributed by atoms with Gasteiger partial charge in [-0.2, -0.15) is 0 Å². The molecule has 66 valence electrons. The molecular formula is C10H8INO. The smallest absolute Gasteiger partial charge is 0.253 e. The Kier molecular flexibility index (Phi) is 3.77. The van der Waals surface area contributed by atoms with Gasteiger partial charge in [0.2, 0.25) is 0 Å². The number of amides is 1. The zero-order valence-corrected chi connectivity index (χ0v) is 9.04. The van der Waals surface area contributed by atoms with E-state index in [4.69, 9.17) is 6.42 Å². The van der Waals surface area contributed by atoms with E-state index in [0.717, 1.165) is 3.57 Å². The number of hydrogen-bond acceptors (Lipinski definition) is 1. The molecule has 2 nitrogen and oxygen atoms in total. The van der Waals surface area contributed by atoms with Gasteiger partial charge in [0.15, 0.2) is 0 Å². The van der Waals surface area contributed by atoms with E-state index in [9.17, 15) is 4.79 Å². The summed E-state index contributed by atoms with van der Waals surface area (Å²) in [6.07, 6.45) is 5.03. The van der Waals surface area contributed by atoms with Crippen molar-refractivity contribution in [2.24, 2.45) is 0 Å². The predicted octanol–water partition coefficient (Wildman–Crippen LogP) is 1.65. The lowest BCUT2D eigenvalue weighted by molar-refractivity contribution is 0.0958. The molecule has 1 rings (SSSR count). The Labute approximate surface area is 90.9 Å². The Bertz CT molecular complexity index is 354. The summed E-state index contributed by atoms with van der Waals surface area (Å²) < 4.78 is 0.926. The van der Waals surface area contributed by atoms with Gasteiger partial charge in [-0.05, 0) is 34.7 Å². The third kappa shape index (κ3) is 2.74. The number of carbonyl (C=O) groups is 1. The SMILES string of the molecule is C#CCNC(=O)c1ccccc1I. The van der Waals surface area contributed by atoms with Crippen LogP contribution in [0.15, 0.2) is 24.3 Å². The molecule has 0 aliphatic heterocycles. The number of rotatable bonds is 2. The summed E-state index contributed by atoms with van der Waals surface area (Å²) >= 11 is 2.11. The van der Waals surface area contributed by atoms with Crippen molar-refractivity contribution in [1.82, 2.24) is 5.32 Å². The average Bonchev–Trinajstić information content (AvgIpc) is 2.15. The summed E-state index contributed by atoms with van der Waals surface area (Å²) in [5.41, 5.74) is 0.665. The number of carbonyl (C=O) groups excluding carboxylic acids is 1. The number of hydrogen-bond donors (Lipinski definition) is 1. The van der Waals surface area contributed by atoms with Crippen LogP contribution in [-0.4, -0.2) is 12.5 Å². The zero-order valence-electron chi connectivity index (χ0n) is 6.88. The first-order valence-corrected chi connectivity index (χ1v) is 4.79. The van der Waals surface area contributed by atoms with Crippen molar-refractivity contribution in [2.75, 3.05) is 6.54 Å². The normalized spacial score (nSPS) is 8.92. The van der Waals surface area contributed by atoms with Gasteiger partial charge in [0.25, 0.3) is 5.91 Å².